The molecule has 29 heavy (non-hydrogen) atoms. The summed E-state index contributed by atoms with van der Waals surface area (Å²) in [7, 11) is 1.33. The van der Waals surface area contributed by atoms with Crippen molar-refractivity contribution in [1.82, 2.24) is 0 Å². The molecule has 0 aromatic heterocycles. The maximum atomic E-state index is 13.4. The molecule has 0 aliphatic heterocycles. The highest BCUT2D eigenvalue weighted by Gasteiger charge is 2.61. The summed E-state index contributed by atoms with van der Waals surface area (Å²) >= 11 is 0. The first-order chi connectivity index (χ1) is 13.6. The number of unbranched alkanes of at least 4 members (excludes halogenated alkanes) is 1. The van der Waals surface area contributed by atoms with E-state index in [1.54, 1.807) is 6.92 Å². The number of carbonyl (C=O) groups is 3. The van der Waals surface area contributed by atoms with Crippen molar-refractivity contribution >= 4 is 17.5 Å². The standard InChI is InChI=1S/C23H36O6/c1-6-7-8-14(3)18-21(27)20(26)15-11-13(2)12-16(22(28)29-5)19(15)23(18,4)17(25)9-10-24/h13-16,19,24,27H,6-12H2,1-5H3. The Balaban J connectivity index is 2.70. The van der Waals surface area contributed by atoms with Crippen molar-refractivity contribution in [3.63, 3.8) is 0 Å². The lowest BCUT2D eigenvalue weighted by Gasteiger charge is -2.52. The molecule has 0 aromatic rings. The number of Topliss-reactive ketones (excluding diaryl/α,β-unsaturated/α-hetero) is 2. The number of allylic oxidation sites excluding steroid dienone is 2. The largest absolute Gasteiger partial charge is 0.504 e. The van der Waals surface area contributed by atoms with Gasteiger partial charge in [0.1, 0.15) is 5.78 Å². The van der Waals surface area contributed by atoms with E-state index < -0.39 is 29.1 Å². The van der Waals surface area contributed by atoms with Gasteiger partial charge in [-0.1, -0.05) is 33.6 Å². The van der Waals surface area contributed by atoms with Gasteiger partial charge in [0, 0.05) is 18.9 Å². The van der Waals surface area contributed by atoms with Gasteiger partial charge in [0.2, 0.25) is 5.78 Å². The van der Waals surface area contributed by atoms with Crippen LogP contribution >= 0.6 is 0 Å². The molecule has 1 saturated carbocycles. The topological polar surface area (TPSA) is 101 Å². The number of ether oxygens (including phenoxy) is 1. The molecule has 0 bridgehead atoms. The molecule has 0 spiro atoms. The third-order valence-corrected chi connectivity index (χ3v) is 7.14. The maximum Gasteiger partial charge on any atom is 0.309 e. The SMILES string of the molecule is CCCCC(C)C1=C(O)C(=O)C2CC(C)CC(C(=O)OC)C2C1(C)C(=O)CCO. The van der Waals surface area contributed by atoms with E-state index in [0.29, 0.717) is 18.4 Å². The van der Waals surface area contributed by atoms with Crippen LogP contribution < -0.4 is 0 Å². The first-order valence-electron chi connectivity index (χ1n) is 10.8. The van der Waals surface area contributed by atoms with E-state index in [4.69, 9.17) is 4.74 Å². The molecule has 6 nitrogen and oxygen atoms in total. The molecule has 6 atom stereocenters. The fourth-order valence-corrected chi connectivity index (χ4v) is 5.84. The van der Waals surface area contributed by atoms with Crippen molar-refractivity contribution in [2.24, 2.45) is 35.0 Å². The summed E-state index contributed by atoms with van der Waals surface area (Å²) in [5, 5.41) is 20.4. The number of methoxy groups -OCH3 is 1. The zero-order valence-corrected chi connectivity index (χ0v) is 18.4. The molecular formula is C23H36O6. The number of ketones is 2. The van der Waals surface area contributed by atoms with E-state index in [1.165, 1.54) is 7.11 Å². The maximum absolute atomic E-state index is 13.4. The third-order valence-electron chi connectivity index (χ3n) is 7.14. The van der Waals surface area contributed by atoms with Crippen LogP contribution in [0.2, 0.25) is 0 Å². The Morgan fingerprint density at radius 2 is 1.97 bits per heavy atom. The van der Waals surface area contributed by atoms with Crippen LogP contribution in [-0.4, -0.2) is 41.5 Å². The van der Waals surface area contributed by atoms with E-state index >= 15 is 0 Å². The van der Waals surface area contributed by atoms with Gasteiger partial charge >= 0.3 is 5.97 Å². The molecule has 1 fully saturated rings. The molecule has 0 saturated heterocycles. The highest BCUT2D eigenvalue weighted by molar-refractivity contribution is 6.02. The predicted molar refractivity (Wildman–Crippen MR) is 109 cm³/mol. The first kappa shape index (κ1) is 23.6. The lowest BCUT2D eigenvalue weighted by Crippen LogP contribution is -2.56. The minimum Gasteiger partial charge on any atom is -0.504 e. The number of esters is 1. The lowest BCUT2D eigenvalue weighted by molar-refractivity contribution is -0.159. The van der Waals surface area contributed by atoms with Gasteiger partial charge in [0.15, 0.2) is 5.76 Å². The number of aliphatic hydroxyl groups is 2. The molecule has 6 heteroatoms. The van der Waals surface area contributed by atoms with Crippen LogP contribution in [0.5, 0.6) is 0 Å². The second-order valence-electron chi connectivity index (χ2n) is 9.11. The number of aliphatic hydroxyl groups excluding tert-OH is 2. The monoisotopic (exact) mass is 408 g/mol. The summed E-state index contributed by atoms with van der Waals surface area (Å²) in [4.78, 5) is 39.3. The Morgan fingerprint density at radius 3 is 2.52 bits per heavy atom. The fourth-order valence-electron chi connectivity index (χ4n) is 5.84. The lowest BCUT2D eigenvalue weighted by atomic mass is 9.49. The second-order valence-corrected chi connectivity index (χ2v) is 9.11. The van der Waals surface area contributed by atoms with Gasteiger partial charge in [-0.05, 0) is 49.5 Å². The highest BCUT2D eigenvalue weighted by Crippen LogP contribution is 2.57. The second kappa shape index (κ2) is 9.41. The van der Waals surface area contributed by atoms with Crippen LogP contribution in [-0.2, 0) is 19.1 Å². The molecule has 6 unspecified atom stereocenters. The fraction of sp³-hybridized carbons (Fsp3) is 0.783. The molecule has 2 aliphatic carbocycles. The Bertz CT molecular complexity index is 681. The Labute approximate surface area is 173 Å². The van der Waals surface area contributed by atoms with Gasteiger partial charge in [0.25, 0.3) is 0 Å². The van der Waals surface area contributed by atoms with E-state index in [-0.39, 0.29) is 42.2 Å². The highest BCUT2D eigenvalue weighted by atomic mass is 16.5. The summed E-state index contributed by atoms with van der Waals surface area (Å²) in [6, 6.07) is 0. The van der Waals surface area contributed by atoms with E-state index in [0.717, 1.165) is 19.3 Å². The van der Waals surface area contributed by atoms with Crippen LogP contribution in [0, 0.1) is 35.0 Å². The minimum atomic E-state index is -1.18. The van der Waals surface area contributed by atoms with Crippen molar-refractivity contribution in [3.05, 3.63) is 11.3 Å². The van der Waals surface area contributed by atoms with Gasteiger partial charge in [0.05, 0.1) is 18.4 Å². The molecule has 0 amide bonds. The molecular weight excluding hydrogens is 372 g/mol. The summed E-state index contributed by atoms with van der Waals surface area (Å²) in [5.74, 6) is -3.12. The van der Waals surface area contributed by atoms with Crippen molar-refractivity contribution in [2.45, 2.75) is 66.2 Å². The van der Waals surface area contributed by atoms with E-state index in [2.05, 4.69) is 6.92 Å². The molecule has 0 heterocycles. The zero-order chi connectivity index (χ0) is 21.9. The van der Waals surface area contributed by atoms with Crippen LogP contribution in [0.25, 0.3) is 0 Å². The number of fused-ring (bicyclic) bond motifs is 1. The molecule has 2 rings (SSSR count). The Hall–Kier alpha value is -1.69. The van der Waals surface area contributed by atoms with Crippen molar-refractivity contribution in [2.75, 3.05) is 13.7 Å². The van der Waals surface area contributed by atoms with Crippen molar-refractivity contribution in [1.29, 1.82) is 0 Å². The quantitative estimate of drug-likeness (QED) is 0.595. The van der Waals surface area contributed by atoms with Crippen molar-refractivity contribution in [3.8, 4) is 0 Å². The molecule has 0 radical (unpaired) electrons. The third kappa shape index (κ3) is 4.14. The number of carbonyl (C=O) groups excluding carboxylic acids is 3. The summed E-state index contributed by atoms with van der Waals surface area (Å²) in [6.07, 6.45) is 3.60. The smallest absolute Gasteiger partial charge is 0.309 e. The first-order valence-corrected chi connectivity index (χ1v) is 10.8. The van der Waals surface area contributed by atoms with Gasteiger partial charge in [-0.2, -0.15) is 0 Å². The molecule has 2 N–H and O–H groups in total. The van der Waals surface area contributed by atoms with Crippen LogP contribution in [0.4, 0.5) is 0 Å². The summed E-state index contributed by atoms with van der Waals surface area (Å²) in [5.41, 5.74) is -0.739. The van der Waals surface area contributed by atoms with Gasteiger partial charge < -0.3 is 14.9 Å². The van der Waals surface area contributed by atoms with Crippen LogP contribution in [0.1, 0.15) is 66.2 Å². The Kier molecular flexibility index (Phi) is 7.66. The number of hydrogen-bond donors (Lipinski definition) is 2. The number of hydrogen-bond acceptors (Lipinski definition) is 6. The summed E-state index contributed by atoms with van der Waals surface area (Å²) < 4.78 is 5.05. The number of rotatable bonds is 8. The average Bonchev–Trinajstić information content (AvgIpc) is 2.69. The van der Waals surface area contributed by atoms with Crippen LogP contribution in [0.15, 0.2) is 11.3 Å². The van der Waals surface area contributed by atoms with Crippen LogP contribution in [0.3, 0.4) is 0 Å². The average molecular weight is 409 g/mol. The van der Waals surface area contributed by atoms with Gasteiger partial charge in [-0.25, -0.2) is 0 Å². The Morgan fingerprint density at radius 1 is 1.31 bits per heavy atom. The minimum absolute atomic E-state index is 0.0748. The van der Waals surface area contributed by atoms with E-state index in [9.17, 15) is 24.6 Å². The molecule has 164 valence electrons. The molecule has 0 aromatic carbocycles. The van der Waals surface area contributed by atoms with Gasteiger partial charge in [-0.3, -0.25) is 14.4 Å². The zero-order valence-electron chi connectivity index (χ0n) is 18.4. The predicted octanol–water partition coefficient (Wildman–Crippen LogP) is 3.62. The molecule has 2 aliphatic rings. The van der Waals surface area contributed by atoms with E-state index in [1.807, 2.05) is 13.8 Å². The summed E-state index contributed by atoms with van der Waals surface area (Å²) in [6.45, 7) is 7.42. The van der Waals surface area contributed by atoms with Crippen molar-refractivity contribution < 1.29 is 29.3 Å². The normalized spacial score (nSPS) is 33.2. The van der Waals surface area contributed by atoms with Gasteiger partial charge in [-0.15, -0.1) is 0 Å².